The Kier molecular flexibility index (Phi) is 5.23. The summed E-state index contributed by atoms with van der Waals surface area (Å²) in [5.74, 6) is 0.595. The van der Waals surface area contributed by atoms with Crippen LogP contribution in [0.5, 0.6) is 5.75 Å². The van der Waals surface area contributed by atoms with Crippen LogP contribution in [-0.4, -0.2) is 29.9 Å². The number of rotatable bonds is 6. The van der Waals surface area contributed by atoms with Crippen molar-refractivity contribution in [3.8, 4) is 5.75 Å². The third kappa shape index (κ3) is 4.13. The summed E-state index contributed by atoms with van der Waals surface area (Å²) in [6.45, 7) is 0. The van der Waals surface area contributed by atoms with E-state index in [1.54, 1.807) is 24.3 Å². The Balaban J connectivity index is 1.91. The molecule has 1 radical (unpaired) electrons. The summed E-state index contributed by atoms with van der Waals surface area (Å²) >= 11 is 0. The van der Waals surface area contributed by atoms with E-state index >= 15 is 0 Å². The van der Waals surface area contributed by atoms with Crippen molar-refractivity contribution >= 4 is 20.3 Å². The van der Waals surface area contributed by atoms with Gasteiger partial charge in [-0.1, -0.05) is 36.4 Å². The normalized spacial score (nSPS) is 10.2. The van der Waals surface area contributed by atoms with Crippen molar-refractivity contribution in [1.29, 1.82) is 0 Å². The first-order valence-electron chi connectivity index (χ1n) is 6.35. The minimum Gasteiger partial charge on any atom is -0.537 e. The van der Waals surface area contributed by atoms with Crippen molar-refractivity contribution in [2.75, 3.05) is 0 Å². The molecule has 0 aliphatic heterocycles. The van der Waals surface area contributed by atoms with Gasteiger partial charge in [-0.25, -0.2) is 0 Å². The molecule has 0 atom stereocenters. The van der Waals surface area contributed by atoms with E-state index < -0.39 is 7.12 Å². The molecule has 20 heavy (non-hydrogen) atoms. The Morgan fingerprint density at radius 2 is 1.35 bits per heavy atom. The fraction of sp³-hybridized carbons (Fsp3) is 0.143. The van der Waals surface area contributed by atoms with Gasteiger partial charge in [0.1, 0.15) is 0 Å². The zero-order chi connectivity index (χ0) is 14.4. The summed E-state index contributed by atoms with van der Waals surface area (Å²) in [4.78, 5) is 0. The molecule has 2 aromatic carbocycles. The second-order valence-corrected chi connectivity index (χ2v) is 4.48. The van der Waals surface area contributed by atoms with Gasteiger partial charge in [0.25, 0.3) is 0 Å². The lowest BCUT2D eigenvalue weighted by Gasteiger charge is -2.06. The lowest BCUT2D eigenvalue weighted by Crippen LogP contribution is -2.29. The van der Waals surface area contributed by atoms with E-state index in [1.807, 2.05) is 24.3 Å². The second-order valence-electron chi connectivity index (χ2n) is 4.48. The van der Waals surface area contributed by atoms with Crippen LogP contribution in [0.4, 0.5) is 0 Å². The van der Waals surface area contributed by atoms with Gasteiger partial charge in [-0.15, -0.1) is 0 Å². The largest absolute Gasteiger partial charge is 0.569 e. The van der Waals surface area contributed by atoms with E-state index in [9.17, 15) is 0 Å². The highest BCUT2D eigenvalue weighted by molar-refractivity contribution is 6.58. The van der Waals surface area contributed by atoms with Crippen LogP contribution in [0.25, 0.3) is 0 Å². The van der Waals surface area contributed by atoms with Gasteiger partial charge >= 0.3 is 14.8 Å². The summed E-state index contributed by atoms with van der Waals surface area (Å²) in [5, 5.41) is 26.6. The number of hydrogen-bond donors (Lipinski definition) is 3. The molecule has 0 unspecified atom stereocenters. The van der Waals surface area contributed by atoms with Crippen LogP contribution in [0.3, 0.4) is 0 Å². The smallest absolute Gasteiger partial charge is 0.537 e. The maximum absolute atomic E-state index is 9.02. The van der Waals surface area contributed by atoms with Crippen LogP contribution < -0.4 is 10.1 Å². The summed E-state index contributed by atoms with van der Waals surface area (Å²) in [5.41, 5.74) is 2.80. The molecule has 101 valence electrons. The molecule has 0 fully saturated rings. The number of benzene rings is 2. The fourth-order valence-corrected chi connectivity index (χ4v) is 1.94. The summed E-state index contributed by atoms with van der Waals surface area (Å²) in [6.07, 6.45) is 1.75. The molecular weight excluding hydrogens is 254 g/mol. The lowest BCUT2D eigenvalue weighted by atomic mass is 9.80. The van der Waals surface area contributed by atoms with Gasteiger partial charge in [0.15, 0.2) is 0 Å². The van der Waals surface area contributed by atoms with E-state index in [0.29, 0.717) is 18.9 Å². The molecule has 0 amide bonds. The highest BCUT2D eigenvalue weighted by Gasteiger charge is 2.09. The van der Waals surface area contributed by atoms with E-state index in [0.717, 1.165) is 18.4 Å². The Labute approximate surface area is 119 Å². The molecule has 0 aliphatic carbocycles. The average molecular weight is 269 g/mol. The first-order valence-corrected chi connectivity index (χ1v) is 6.35. The predicted octanol–water partition coefficient (Wildman–Crippen LogP) is 0.0569. The van der Waals surface area contributed by atoms with Crippen molar-refractivity contribution in [2.24, 2.45) is 0 Å². The van der Waals surface area contributed by atoms with Crippen LogP contribution in [0, 0.1) is 0 Å². The van der Waals surface area contributed by atoms with Crippen LogP contribution in [0.15, 0.2) is 48.5 Å². The molecule has 0 heterocycles. The minimum absolute atomic E-state index is 0.496. The molecule has 2 rings (SSSR count). The topological polar surface area (TPSA) is 69.9 Å². The van der Waals surface area contributed by atoms with Crippen molar-refractivity contribution in [1.82, 2.24) is 0 Å². The molecule has 0 saturated heterocycles. The van der Waals surface area contributed by atoms with E-state index in [4.69, 9.17) is 19.7 Å². The Morgan fingerprint density at radius 1 is 0.850 bits per heavy atom. The number of hydrogen-bond acceptors (Lipinski definition) is 4. The summed E-state index contributed by atoms with van der Waals surface area (Å²) in [7, 11) is -0.758. The van der Waals surface area contributed by atoms with Gasteiger partial charge in [0.05, 0.1) is 5.75 Å². The SMILES string of the molecule is O[B]Oc1ccc(CCc2ccc(B(O)O)cc2)cc1. The van der Waals surface area contributed by atoms with Crippen molar-refractivity contribution in [3.05, 3.63) is 59.7 Å². The maximum atomic E-state index is 9.02. The highest BCUT2D eigenvalue weighted by atomic mass is 16.5. The molecular formula is C14H15B2O4. The van der Waals surface area contributed by atoms with Crippen molar-refractivity contribution < 1.29 is 19.7 Å². The van der Waals surface area contributed by atoms with E-state index in [1.165, 1.54) is 5.56 Å². The molecule has 6 heteroatoms. The lowest BCUT2D eigenvalue weighted by molar-refractivity contribution is 0.425. The average Bonchev–Trinajstić information content (AvgIpc) is 2.47. The summed E-state index contributed by atoms with van der Waals surface area (Å²) in [6, 6.07) is 14.7. The van der Waals surface area contributed by atoms with Gasteiger partial charge < -0.3 is 19.7 Å². The first kappa shape index (κ1) is 14.7. The van der Waals surface area contributed by atoms with Crippen LogP contribution in [-0.2, 0) is 12.8 Å². The molecule has 0 spiro atoms. The molecule has 0 aromatic heterocycles. The van der Waals surface area contributed by atoms with Crippen molar-refractivity contribution in [3.63, 3.8) is 0 Å². The predicted molar refractivity (Wildman–Crippen MR) is 78.7 cm³/mol. The van der Waals surface area contributed by atoms with Crippen molar-refractivity contribution in [2.45, 2.75) is 12.8 Å². The fourth-order valence-electron chi connectivity index (χ4n) is 1.94. The molecule has 4 nitrogen and oxygen atoms in total. The first-order chi connectivity index (χ1) is 9.69. The number of aryl methyl sites for hydroxylation is 2. The Morgan fingerprint density at radius 3 is 1.80 bits per heavy atom. The molecule has 0 saturated carbocycles. The van der Waals surface area contributed by atoms with Crippen LogP contribution >= 0.6 is 0 Å². The van der Waals surface area contributed by atoms with Gasteiger partial charge in [-0.3, -0.25) is 0 Å². The molecule has 3 N–H and O–H groups in total. The van der Waals surface area contributed by atoms with Gasteiger partial charge in [-0.2, -0.15) is 0 Å². The third-order valence-electron chi connectivity index (χ3n) is 3.09. The second kappa shape index (κ2) is 7.14. The quantitative estimate of drug-likeness (QED) is 0.648. The van der Waals surface area contributed by atoms with E-state index in [2.05, 4.69) is 0 Å². The van der Waals surface area contributed by atoms with E-state index in [-0.39, 0.29) is 0 Å². The summed E-state index contributed by atoms with van der Waals surface area (Å²) < 4.78 is 4.84. The third-order valence-corrected chi connectivity index (χ3v) is 3.09. The zero-order valence-electron chi connectivity index (χ0n) is 10.9. The molecule has 0 bridgehead atoms. The van der Waals surface area contributed by atoms with Gasteiger partial charge in [-0.05, 0) is 41.6 Å². The molecule has 2 aromatic rings. The monoisotopic (exact) mass is 269 g/mol. The standard InChI is InChI=1S/C14H15B2O4/c17-15-20-14-9-5-12(6-10-14)2-1-11-3-7-13(8-4-11)16(18)19/h3-10,17-19H,1-2H2. The van der Waals surface area contributed by atoms with Crippen LogP contribution in [0.2, 0.25) is 0 Å². The maximum Gasteiger partial charge on any atom is 0.569 e. The van der Waals surface area contributed by atoms with Crippen LogP contribution in [0.1, 0.15) is 11.1 Å². The molecule has 0 aliphatic rings. The minimum atomic E-state index is -1.42. The Bertz CT molecular complexity index is 526. The zero-order valence-corrected chi connectivity index (χ0v) is 10.9. The van der Waals surface area contributed by atoms with Gasteiger partial charge in [0.2, 0.25) is 0 Å². The van der Waals surface area contributed by atoms with Gasteiger partial charge in [0, 0.05) is 0 Å². The Hall–Kier alpha value is -1.75. The highest BCUT2D eigenvalue weighted by Crippen LogP contribution is 2.13.